The summed E-state index contributed by atoms with van der Waals surface area (Å²) in [6.45, 7) is 1.69. The molecule has 1 N–H and O–H groups in total. The van der Waals surface area contributed by atoms with Crippen molar-refractivity contribution < 1.29 is 28.2 Å². The Hall–Kier alpha value is -1.89. The second-order valence-corrected chi connectivity index (χ2v) is 4.25. The molecule has 1 atom stereocenters. The van der Waals surface area contributed by atoms with Crippen LogP contribution >= 0.6 is 0 Å². The van der Waals surface area contributed by atoms with Gasteiger partial charge in [0.25, 0.3) is 0 Å². The van der Waals surface area contributed by atoms with Gasteiger partial charge in [0.15, 0.2) is 11.5 Å². The highest BCUT2D eigenvalue weighted by Gasteiger charge is 2.26. The van der Waals surface area contributed by atoms with E-state index in [-0.39, 0.29) is 11.5 Å². The summed E-state index contributed by atoms with van der Waals surface area (Å²) in [7, 11) is 1.33. The SMILES string of the molecule is CCN(CC)C(C(=O)O)c1ccc(OC)c(OC(F)F)c1. The fraction of sp³-hybridized carbons (Fsp3) is 0.500. The van der Waals surface area contributed by atoms with Gasteiger partial charge in [0.1, 0.15) is 6.04 Å². The summed E-state index contributed by atoms with van der Waals surface area (Å²) in [6, 6.07) is 3.31. The van der Waals surface area contributed by atoms with Crippen LogP contribution in [0.2, 0.25) is 0 Å². The number of halogens is 2. The quantitative estimate of drug-likeness (QED) is 0.800. The van der Waals surface area contributed by atoms with Crippen molar-refractivity contribution in [2.75, 3.05) is 20.2 Å². The molecule has 0 heterocycles. The number of hydrogen-bond acceptors (Lipinski definition) is 4. The normalized spacial score (nSPS) is 12.5. The predicted octanol–water partition coefficient (Wildman–Crippen LogP) is 2.76. The third kappa shape index (κ3) is 4.29. The summed E-state index contributed by atoms with van der Waals surface area (Å²) in [5.41, 5.74) is 0.364. The topological polar surface area (TPSA) is 59.0 Å². The fourth-order valence-corrected chi connectivity index (χ4v) is 2.15. The number of benzene rings is 1. The lowest BCUT2D eigenvalue weighted by molar-refractivity contribution is -0.143. The Balaban J connectivity index is 3.23. The first-order valence-electron chi connectivity index (χ1n) is 6.54. The van der Waals surface area contributed by atoms with Gasteiger partial charge >= 0.3 is 12.6 Å². The first kappa shape index (κ1) is 17.2. The van der Waals surface area contributed by atoms with Gasteiger partial charge in [-0.25, -0.2) is 0 Å². The molecule has 0 bridgehead atoms. The Labute approximate surface area is 122 Å². The van der Waals surface area contributed by atoms with Crippen LogP contribution in [-0.4, -0.2) is 42.8 Å². The van der Waals surface area contributed by atoms with Gasteiger partial charge in [-0.3, -0.25) is 9.69 Å². The van der Waals surface area contributed by atoms with Crippen LogP contribution in [0.5, 0.6) is 11.5 Å². The molecular weight excluding hydrogens is 284 g/mol. The molecule has 0 aromatic heterocycles. The van der Waals surface area contributed by atoms with Crippen LogP contribution in [0.25, 0.3) is 0 Å². The summed E-state index contributed by atoms with van der Waals surface area (Å²) < 4.78 is 34.1. The van der Waals surface area contributed by atoms with Gasteiger partial charge in [-0.15, -0.1) is 0 Å². The molecule has 5 nitrogen and oxygen atoms in total. The third-order valence-electron chi connectivity index (χ3n) is 3.13. The Morgan fingerprint density at radius 2 is 1.90 bits per heavy atom. The lowest BCUT2D eigenvalue weighted by Gasteiger charge is -2.27. The van der Waals surface area contributed by atoms with Crippen LogP contribution in [0.4, 0.5) is 8.78 Å². The summed E-state index contributed by atoms with van der Waals surface area (Å²) in [5, 5.41) is 9.40. The molecule has 7 heteroatoms. The molecule has 0 saturated carbocycles. The number of ether oxygens (including phenoxy) is 2. The second kappa shape index (κ2) is 7.78. The first-order valence-corrected chi connectivity index (χ1v) is 6.54. The molecular formula is C14H19F2NO4. The van der Waals surface area contributed by atoms with Gasteiger partial charge < -0.3 is 14.6 Å². The maximum atomic E-state index is 12.4. The highest BCUT2D eigenvalue weighted by atomic mass is 19.3. The number of carboxylic acids is 1. The first-order chi connectivity index (χ1) is 9.94. The molecule has 1 rings (SSSR count). The van der Waals surface area contributed by atoms with E-state index in [0.29, 0.717) is 18.7 Å². The van der Waals surface area contributed by atoms with Crippen molar-refractivity contribution in [2.45, 2.75) is 26.5 Å². The van der Waals surface area contributed by atoms with E-state index in [1.54, 1.807) is 4.90 Å². The molecule has 0 spiro atoms. The zero-order valence-corrected chi connectivity index (χ0v) is 12.2. The second-order valence-electron chi connectivity index (χ2n) is 4.25. The van der Waals surface area contributed by atoms with Crippen molar-refractivity contribution in [3.8, 4) is 11.5 Å². The van der Waals surface area contributed by atoms with Crippen molar-refractivity contribution in [1.82, 2.24) is 4.90 Å². The Morgan fingerprint density at radius 3 is 2.33 bits per heavy atom. The van der Waals surface area contributed by atoms with Gasteiger partial charge in [0.2, 0.25) is 0 Å². The van der Waals surface area contributed by atoms with Crippen molar-refractivity contribution in [1.29, 1.82) is 0 Å². The molecule has 0 radical (unpaired) electrons. The van der Waals surface area contributed by atoms with Crippen molar-refractivity contribution in [3.05, 3.63) is 23.8 Å². The minimum Gasteiger partial charge on any atom is -0.493 e. The van der Waals surface area contributed by atoms with Gasteiger partial charge in [-0.1, -0.05) is 19.9 Å². The smallest absolute Gasteiger partial charge is 0.387 e. The maximum absolute atomic E-state index is 12.4. The van der Waals surface area contributed by atoms with Crippen LogP contribution in [-0.2, 0) is 4.79 Å². The third-order valence-corrected chi connectivity index (χ3v) is 3.13. The predicted molar refractivity (Wildman–Crippen MR) is 72.9 cm³/mol. The number of hydrogen-bond donors (Lipinski definition) is 1. The molecule has 0 aliphatic rings. The number of carbonyl (C=O) groups is 1. The van der Waals surface area contributed by atoms with E-state index in [0.717, 1.165) is 0 Å². The number of rotatable bonds is 8. The number of methoxy groups -OCH3 is 1. The number of carboxylic acid groups (broad SMARTS) is 1. The van der Waals surface area contributed by atoms with Crippen LogP contribution in [0.15, 0.2) is 18.2 Å². The van der Waals surface area contributed by atoms with Crippen molar-refractivity contribution in [3.63, 3.8) is 0 Å². The monoisotopic (exact) mass is 303 g/mol. The van der Waals surface area contributed by atoms with E-state index in [2.05, 4.69) is 4.74 Å². The van der Waals surface area contributed by atoms with E-state index in [9.17, 15) is 18.7 Å². The fourth-order valence-electron chi connectivity index (χ4n) is 2.15. The number of alkyl halides is 2. The van der Waals surface area contributed by atoms with Gasteiger partial charge in [-0.05, 0) is 30.8 Å². The van der Waals surface area contributed by atoms with Gasteiger partial charge in [-0.2, -0.15) is 8.78 Å². The average molecular weight is 303 g/mol. The van der Waals surface area contributed by atoms with Crippen LogP contribution in [0.3, 0.4) is 0 Å². The van der Waals surface area contributed by atoms with Crippen molar-refractivity contribution >= 4 is 5.97 Å². The molecule has 0 fully saturated rings. The molecule has 1 unspecified atom stereocenters. The minimum absolute atomic E-state index is 0.128. The molecule has 0 saturated heterocycles. The summed E-state index contributed by atoms with van der Waals surface area (Å²) >= 11 is 0. The lowest BCUT2D eigenvalue weighted by atomic mass is 10.0. The largest absolute Gasteiger partial charge is 0.493 e. The average Bonchev–Trinajstić information content (AvgIpc) is 2.43. The van der Waals surface area contributed by atoms with E-state index in [4.69, 9.17) is 4.74 Å². The van der Waals surface area contributed by atoms with Gasteiger partial charge in [0, 0.05) is 0 Å². The highest BCUT2D eigenvalue weighted by Crippen LogP contribution is 2.33. The zero-order valence-electron chi connectivity index (χ0n) is 12.2. The van der Waals surface area contributed by atoms with E-state index in [1.807, 2.05) is 13.8 Å². The van der Waals surface area contributed by atoms with Gasteiger partial charge in [0.05, 0.1) is 7.11 Å². The number of aliphatic carboxylic acids is 1. The molecule has 0 amide bonds. The summed E-state index contributed by atoms with van der Waals surface area (Å²) in [6.07, 6.45) is 0. The van der Waals surface area contributed by atoms with E-state index >= 15 is 0 Å². The highest BCUT2D eigenvalue weighted by molar-refractivity contribution is 5.76. The number of likely N-dealkylation sites (N-methyl/N-ethyl adjacent to an activating group) is 1. The Bertz CT molecular complexity index is 478. The molecule has 1 aromatic carbocycles. The zero-order chi connectivity index (χ0) is 16.0. The minimum atomic E-state index is -3.01. The molecule has 21 heavy (non-hydrogen) atoms. The Morgan fingerprint density at radius 1 is 1.29 bits per heavy atom. The molecule has 0 aliphatic heterocycles. The molecule has 118 valence electrons. The molecule has 0 aliphatic carbocycles. The van der Waals surface area contributed by atoms with E-state index < -0.39 is 18.6 Å². The molecule has 1 aromatic rings. The lowest BCUT2D eigenvalue weighted by Crippen LogP contribution is -2.33. The van der Waals surface area contributed by atoms with Crippen LogP contribution in [0, 0.1) is 0 Å². The van der Waals surface area contributed by atoms with Crippen molar-refractivity contribution in [2.24, 2.45) is 0 Å². The summed E-state index contributed by atoms with van der Waals surface area (Å²) in [5.74, 6) is -1.10. The standard InChI is InChI=1S/C14H19F2NO4/c1-4-17(5-2)12(13(18)19)9-6-7-10(20-3)11(8-9)21-14(15)16/h6-8,12,14H,4-5H2,1-3H3,(H,18,19). The Kier molecular flexibility index (Phi) is 6.36. The summed E-state index contributed by atoms with van der Waals surface area (Å²) in [4.78, 5) is 13.2. The number of nitrogens with zero attached hydrogens (tertiary/aromatic N) is 1. The van der Waals surface area contributed by atoms with Crippen LogP contribution < -0.4 is 9.47 Å². The van der Waals surface area contributed by atoms with E-state index in [1.165, 1.54) is 25.3 Å². The van der Waals surface area contributed by atoms with Crippen LogP contribution in [0.1, 0.15) is 25.5 Å². The maximum Gasteiger partial charge on any atom is 0.387 e.